The van der Waals surface area contributed by atoms with E-state index < -0.39 is 0 Å². The van der Waals surface area contributed by atoms with Crippen molar-refractivity contribution in [3.8, 4) is 0 Å². The number of aryl methyl sites for hydroxylation is 1. The van der Waals surface area contributed by atoms with Crippen LogP contribution >= 0.6 is 0 Å². The fourth-order valence-electron chi connectivity index (χ4n) is 4.03. The summed E-state index contributed by atoms with van der Waals surface area (Å²) in [5.74, 6) is 0.906. The van der Waals surface area contributed by atoms with E-state index >= 15 is 0 Å². The van der Waals surface area contributed by atoms with Crippen LogP contribution in [0.2, 0.25) is 0 Å². The predicted molar refractivity (Wildman–Crippen MR) is 98.9 cm³/mol. The van der Waals surface area contributed by atoms with E-state index in [2.05, 4.69) is 10.2 Å². The zero-order valence-electron chi connectivity index (χ0n) is 14.5. The first kappa shape index (κ1) is 15.1. The molecule has 6 heteroatoms. The monoisotopic (exact) mass is 345 g/mol. The molecule has 1 unspecified atom stereocenters. The summed E-state index contributed by atoms with van der Waals surface area (Å²) in [6.07, 6.45) is 5.78. The van der Waals surface area contributed by atoms with E-state index in [9.17, 15) is 4.79 Å². The molecular weight excluding hydrogens is 326 g/mol. The van der Waals surface area contributed by atoms with Crippen LogP contribution in [0.4, 0.5) is 0 Å². The molecule has 3 aromatic heterocycles. The van der Waals surface area contributed by atoms with Crippen LogP contribution < -0.4 is 0 Å². The number of pyridine rings is 1. The van der Waals surface area contributed by atoms with E-state index in [4.69, 9.17) is 0 Å². The standard InChI is InChI=1S/C20H19N5O/c1-23-13-15(14-7-2-3-8-16(14)23)20(26)24-12-6-9-17(24)19-22-21-18-10-4-5-11-25(18)19/h2-5,7-8,10-11,13,17H,6,9,12H2,1H3. The molecule has 1 saturated heterocycles. The molecule has 0 spiro atoms. The first-order valence-electron chi connectivity index (χ1n) is 8.89. The maximum atomic E-state index is 13.4. The van der Waals surface area contributed by atoms with Crippen molar-refractivity contribution in [3.05, 3.63) is 66.2 Å². The number of hydrogen-bond acceptors (Lipinski definition) is 3. The largest absolute Gasteiger partial charge is 0.350 e. The van der Waals surface area contributed by atoms with Gasteiger partial charge in [-0.1, -0.05) is 24.3 Å². The highest BCUT2D eigenvalue weighted by Crippen LogP contribution is 2.33. The van der Waals surface area contributed by atoms with Gasteiger partial charge in [0.2, 0.25) is 0 Å². The van der Waals surface area contributed by atoms with Gasteiger partial charge in [0, 0.05) is 36.9 Å². The minimum Gasteiger partial charge on any atom is -0.350 e. The number of likely N-dealkylation sites (tertiary alicyclic amines) is 1. The molecule has 0 N–H and O–H groups in total. The van der Waals surface area contributed by atoms with Crippen LogP contribution in [0.3, 0.4) is 0 Å². The molecule has 1 aliphatic rings. The fourth-order valence-corrected chi connectivity index (χ4v) is 4.03. The van der Waals surface area contributed by atoms with Gasteiger partial charge >= 0.3 is 0 Å². The molecule has 1 aromatic carbocycles. The third kappa shape index (κ3) is 2.15. The second kappa shape index (κ2) is 5.69. The van der Waals surface area contributed by atoms with Gasteiger partial charge in [0.15, 0.2) is 11.5 Å². The number of aromatic nitrogens is 4. The van der Waals surface area contributed by atoms with Gasteiger partial charge in [0.25, 0.3) is 5.91 Å². The van der Waals surface area contributed by atoms with Crippen molar-refractivity contribution in [3.63, 3.8) is 0 Å². The number of benzene rings is 1. The average Bonchev–Trinajstić information content (AvgIpc) is 3.38. The van der Waals surface area contributed by atoms with Gasteiger partial charge in [-0.15, -0.1) is 10.2 Å². The van der Waals surface area contributed by atoms with Crippen molar-refractivity contribution in [2.75, 3.05) is 6.54 Å². The lowest BCUT2D eigenvalue weighted by atomic mass is 10.1. The quantitative estimate of drug-likeness (QED) is 0.561. The lowest BCUT2D eigenvalue weighted by Crippen LogP contribution is -2.31. The Balaban J connectivity index is 1.57. The van der Waals surface area contributed by atoms with E-state index in [1.165, 1.54) is 0 Å². The van der Waals surface area contributed by atoms with Gasteiger partial charge in [-0.05, 0) is 31.0 Å². The normalized spacial score (nSPS) is 17.4. The van der Waals surface area contributed by atoms with Crippen LogP contribution in [0.15, 0.2) is 54.9 Å². The average molecular weight is 345 g/mol. The SMILES string of the molecule is Cn1cc(C(=O)N2CCCC2c2nnc3ccccn23)c2ccccc21. The summed E-state index contributed by atoms with van der Waals surface area (Å²) in [6, 6.07) is 13.8. The molecule has 1 aliphatic heterocycles. The van der Waals surface area contributed by atoms with Crippen LogP contribution in [0.5, 0.6) is 0 Å². The first-order valence-corrected chi connectivity index (χ1v) is 8.89. The lowest BCUT2D eigenvalue weighted by Gasteiger charge is -2.23. The van der Waals surface area contributed by atoms with Crippen molar-refractivity contribution >= 4 is 22.5 Å². The van der Waals surface area contributed by atoms with Crippen molar-refractivity contribution in [2.45, 2.75) is 18.9 Å². The Bertz CT molecular complexity index is 1130. The lowest BCUT2D eigenvalue weighted by molar-refractivity contribution is 0.0731. The van der Waals surface area contributed by atoms with Crippen LogP contribution in [0.25, 0.3) is 16.6 Å². The van der Waals surface area contributed by atoms with Gasteiger partial charge < -0.3 is 9.47 Å². The highest BCUT2D eigenvalue weighted by Gasteiger charge is 2.34. The molecule has 1 atom stereocenters. The molecule has 6 nitrogen and oxygen atoms in total. The van der Waals surface area contributed by atoms with E-state index in [1.807, 2.05) is 75.8 Å². The van der Waals surface area contributed by atoms with Crippen LogP contribution in [-0.2, 0) is 7.05 Å². The second-order valence-electron chi connectivity index (χ2n) is 6.81. The van der Waals surface area contributed by atoms with E-state index in [1.54, 1.807) is 0 Å². The zero-order chi connectivity index (χ0) is 17.7. The Morgan fingerprint density at radius 3 is 2.88 bits per heavy atom. The number of nitrogens with zero attached hydrogens (tertiary/aromatic N) is 5. The molecular formula is C20H19N5O. The van der Waals surface area contributed by atoms with E-state index in [-0.39, 0.29) is 11.9 Å². The molecule has 26 heavy (non-hydrogen) atoms. The van der Waals surface area contributed by atoms with Crippen molar-refractivity contribution in [1.82, 2.24) is 24.1 Å². The first-order chi connectivity index (χ1) is 12.7. The number of para-hydroxylation sites is 1. The fraction of sp³-hybridized carbons (Fsp3) is 0.250. The Kier molecular flexibility index (Phi) is 3.31. The minimum atomic E-state index is -0.0427. The summed E-state index contributed by atoms with van der Waals surface area (Å²) < 4.78 is 4.00. The predicted octanol–water partition coefficient (Wildman–Crippen LogP) is 3.20. The number of carbonyl (C=O) groups excluding carboxylic acids is 1. The Morgan fingerprint density at radius 2 is 1.96 bits per heavy atom. The van der Waals surface area contributed by atoms with Crippen molar-refractivity contribution < 1.29 is 4.79 Å². The Labute approximate surface area is 150 Å². The third-order valence-electron chi connectivity index (χ3n) is 5.28. The summed E-state index contributed by atoms with van der Waals surface area (Å²) >= 11 is 0. The zero-order valence-corrected chi connectivity index (χ0v) is 14.5. The molecule has 0 aliphatic carbocycles. The number of carbonyl (C=O) groups is 1. The van der Waals surface area contributed by atoms with Gasteiger partial charge in [-0.2, -0.15) is 0 Å². The Morgan fingerprint density at radius 1 is 1.12 bits per heavy atom. The van der Waals surface area contributed by atoms with Gasteiger partial charge in [-0.25, -0.2) is 0 Å². The molecule has 0 bridgehead atoms. The summed E-state index contributed by atoms with van der Waals surface area (Å²) in [5, 5.41) is 9.64. The molecule has 1 fully saturated rings. The number of fused-ring (bicyclic) bond motifs is 2. The van der Waals surface area contributed by atoms with E-state index in [0.717, 1.165) is 47.3 Å². The maximum Gasteiger partial charge on any atom is 0.256 e. The van der Waals surface area contributed by atoms with Crippen LogP contribution in [-0.4, -0.2) is 36.5 Å². The van der Waals surface area contributed by atoms with Crippen molar-refractivity contribution in [1.29, 1.82) is 0 Å². The van der Waals surface area contributed by atoms with Gasteiger partial charge in [0.1, 0.15) is 0 Å². The highest BCUT2D eigenvalue weighted by atomic mass is 16.2. The molecule has 4 heterocycles. The molecule has 0 radical (unpaired) electrons. The summed E-state index contributed by atoms with van der Waals surface area (Å²) in [7, 11) is 1.98. The molecule has 5 rings (SSSR count). The van der Waals surface area contributed by atoms with Crippen molar-refractivity contribution in [2.24, 2.45) is 7.05 Å². The highest BCUT2D eigenvalue weighted by molar-refractivity contribution is 6.07. The molecule has 130 valence electrons. The number of hydrogen-bond donors (Lipinski definition) is 0. The molecule has 4 aromatic rings. The van der Waals surface area contributed by atoms with Crippen LogP contribution in [0.1, 0.15) is 35.1 Å². The maximum absolute atomic E-state index is 13.4. The third-order valence-corrected chi connectivity index (χ3v) is 5.28. The summed E-state index contributed by atoms with van der Waals surface area (Å²) in [4.78, 5) is 15.3. The van der Waals surface area contributed by atoms with Gasteiger partial charge in [0.05, 0.1) is 11.6 Å². The Hall–Kier alpha value is -3.15. The number of amides is 1. The smallest absolute Gasteiger partial charge is 0.256 e. The topological polar surface area (TPSA) is 55.4 Å². The summed E-state index contributed by atoms with van der Waals surface area (Å²) in [6.45, 7) is 0.745. The summed E-state index contributed by atoms with van der Waals surface area (Å²) in [5.41, 5.74) is 2.63. The van der Waals surface area contributed by atoms with Crippen LogP contribution in [0, 0.1) is 0 Å². The van der Waals surface area contributed by atoms with E-state index in [0.29, 0.717) is 0 Å². The number of rotatable bonds is 2. The minimum absolute atomic E-state index is 0.0427. The molecule has 1 amide bonds. The second-order valence-corrected chi connectivity index (χ2v) is 6.81. The molecule has 0 saturated carbocycles. The van der Waals surface area contributed by atoms with Gasteiger partial charge in [-0.3, -0.25) is 9.20 Å².